The molecule has 1 fully saturated rings. The molecular formula is C27H27Br2N3O4S. The van der Waals surface area contributed by atoms with Crippen molar-refractivity contribution in [2.45, 2.75) is 31.2 Å². The predicted octanol–water partition coefficient (Wildman–Crippen LogP) is 5.49. The van der Waals surface area contributed by atoms with Crippen LogP contribution in [0.15, 0.2) is 80.6 Å². The number of hydrogen-bond donors (Lipinski definition) is 2. The molecule has 0 unspecified atom stereocenters. The van der Waals surface area contributed by atoms with Crippen LogP contribution in [-0.4, -0.2) is 38.2 Å². The fraction of sp³-hybridized carbons (Fsp3) is 0.259. The van der Waals surface area contributed by atoms with Gasteiger partial charge in [0.05, 0.1) is 0 Å². The van der Waals surface area contributed by atoms with Gasteiger partial charge in [0.1, 0.15) is 4.90 Å². The Balaban J connectivity index is 1.30. The molecule has 1 aliphatic rings. The highest BCUT2D eigenvalue weighted by atomic mass is 79.9. The number of aryl methyl sites for hydroxylation is 1. The summed E-state index contributed by atoms with van der Waals surface area (Å²) >= 11 is 6.56. The van der Waals surface area contributed by atoms with Crippen molar-refractivity contribution in [3.05, 3.63) is 92.4 Å². The first-order chi connectivity index (χ1) is 17.6. The smallest absolute Gasteiger partial charge is 0.263 e. The van der Waals surface area contributed by atoms with E-state index in [0.29, 0.717) is 52.7 Å². The van der Waals surface area contributed by atoms with E-state index in [2.05, 4.69) is 41.9 Å². The number of anilines is 1. The molecule has 1 aliphatic heterocycles. The summed E-state index contributed by atoms with van der Waals surface area (Å²) in [6.45, 7) is 3.50. The first-order valence-electron chi connectivity index (χ1n) is 11.8. The minimum atomic E-state index is -3.82. The number of nitrogens with zero attached hydrogens (tertiary/aromatic N) is 1. The topological polar surface area (TPSA) is 95.6 Å². The van der Waals surface area contributed by atoms with Crippen LogP contribution >= 0.6 is 31.9 Å². The quantitative estimate of drug-likeness (QED) is 0.354. The lowest BCUT2D eigenvalue weighted by Crippen LogP contribution is -2.42. The van der Waals surface area contributed by atoms with E-state index in [-0.39, 0.29) is 22.6 Å². The lowest BCUT2D eigenvalue weighted by atomic mass is 9.95. The Bertz CT molecular complexity index is 1390. The van der Waals surface area contributed by atoms with Crippen molar-refractivity contribution < 1.29 is 18.0 Å². The molecule has 10 heteroatoms. The van der Waals surface area contributed by atoms with E-state index in [1.54, 1.807) is 41.3 Å². The maximum absolute atomic E-state index is 13.0. The van der Waals surface area contributed by atoms with Gasteiger partial charge in [0.15, 0.2) is 0 Å². The lowest BCUT2D eigenvalue weighted by Gasteiger charge is -2.31. The second-order valence-corrected chi connectivity index (χ2v) is 12.4. The normalized spacial score (nSPS) is 14.3. The van der Waals surface area contributed by atoms with E-state index in [1.165, 1.54) is 11.6 Å². The second-order valence-electron chi connectivity index (χ2n) is 9.03. The maximum atomic E-state index is 13.0. The van der Waals surface area contributed by atoms with Crippen molar-refractivity contribution in [2.75, 3.05) is 17.8 Å². The summed E-state index contributed by atoms with van der Waals surface area (Å²) in [5.74, 6) is -0.243. The van der Waals surface area contributed by atoms with Crippen LogP contribution in [0, 0.1) is 12.8 Å². The summed E-state index contributed by atoms with van der Waals surface area (Å²) in [6, 6.07) is 19.3. The standard InChI is InChI=1S/C27H27Br2N3O4S/c1-18-2-4-19(5-3-18)17-30-26(33)20-12-14-32(15-13-20)27(34)21-6-9-23(10-7-21)31-37(35,36)25-16-22(28)8-11-24(25)29/h2-11,16,20,31H,12-15,17H2,1H3,(H,30,33). The van der Waals surface area contributed by atoms with Gasteiger partial charge in [0.25, 0.3) is 15.9 Å². The highest BCUT2D eigenvalue weighted by molar-refractivity contribution is 9.11. The zero-order valence-electron chi connectivity index (χ0n) is 20.2. The summed E-state index contributed by atoms with van der Waals surface area (Å²) in [7, 11) is -3.82. The van der Waals surface area contributed by atoms with Crippen LogP contribution in [0.2, 0.25) is 0 Å². The van der Waals surface area contributed by atoms with Crippen LogP contribution in [0.3, 0.4) is 0 Å². The monoisotopic (exact) mass is 647 g/mol. The molecule has 0 saturated carbocycles. The number of rotatable bonds is 7. The fourth-order valence-electron chi connectivity index (χ4n) is 4.14. The maximum Gasteiger partial charge on any atom is 0.263 e. The molecule has 4 rings (SSSR count). The summed E-state index contributed by atoms with van der Waals surface area (Å²) < 4.78 is 29.2. The average molecular weight is 649 g/mol. The largest absolute Gasteiger partial charge is 0.352 e. The molecule has 1 heterocycles. The molecule has 0 atom stereocenters. The van der Waals surface area contributed by atoms with Gasteiger partial charge in [-0.2, -0.15) is 0 Å². The number of likely N-dealkylation sites (tertiary alicyclic amines) is 1. The van der Waals surface area contributed by atoms with Gasteiger partial charge in [-0.3, -0.25) is 14.3 Å². The molecule has 3 aromatic carbocycles. The van der Waals surface area contributed by atoms with Gasteiger partial charge in [-0.25, -0.2) is 8.42 Å². The first kappa shape index (κ1) is 27.3. The highest BCUT2D eigenvalue weighted by Crippen LogP contribution is 2.28. The van der Waals surface area contributed by atoms with Gasteiger partial charge in [0.2, 0.25) is 5.91 Å². The third-order valence-electron chi connectivity index (χ3n) is 6.31. The van der Waals surface area contributed by atoms with Gasteiger partial charge >= 0.3 is 0 Å². The fourth-order valence-corrected chi connectivity index (χ4v) is 6.70. The van der Waals surface area contributed by atoms with Gasteiger partial charge < -0.3 is 10.2 Å². The van der Waals surface area contributed by atoms with Crippen molar-refractivity contribution in [1.82, 2.24) is 10.2 Å². The van der Waals surface area contributed by atoms with Crippen LogP contribution in [0.25, 0.3) is 0 Å². The van der Waals surface area contributed by atoms with Crippen molar-refractivity contribution in [2.24, 2.45) is 5.92 Å². The molecule has 2 amide bonds. The number of piperidine rings is 1. The molecule has 7 nitrogen and oxygen atoms in total. The molecule has 0 aliphatic carbocycles. The Morgan fingerprint density at radius 3 is 2.24 bits per heavy atom. The molecule has 0 radical (unpaired) electrons. The number of carbonyl (C=O) groups is 2. The minimum absolute atomic E-state index is 0.0152. The number of benzene rings is 3. The van der Waals surface area contributed by atoms with Gasteiger partial charge in [-0.15, -0.1) is 0 Å². The van der Waals surface area contributed by atoms with Crippen molar-refractivity contribution >= 4 is 59.4 Å². The van der Waals surface area contributed by atoms with Crippen molar-refractivity contribution in [3.63, 3.8) is 0 Å². The van der Waals surface area contributed by atoms with E-state index in [0.717, 1.165) is 5.56 Å². The van der Waals surface area contributed by atoms with Crippen LogP contribution in [0.4, 0.5) is 5.69 Å². The van der Waals surface area contributed by atoms with E-state index < -0.39 is 10.0 Å². The first-order valence-corrected chi connectivity index (χ1v) is 14.9. The third kappa shape index (κ3) is 7.00. The summed E-state index contributed by atoms with van der Waals surface area (Å²) in [6.07, 6.45) is 1.20. The molecular weight excluding hydrogens is 622 g/mol. The summed E-state index contributed by atoms with van der Waals surface area (Å²) in [5, 5.41) is 3.00. The number of sulfonamides is 1. The third-order valence-corrected chi connectivity index (χ3v) is 9.18. The van der Waals surface area contributed by atoms with E-state index in [9.17, 15) is 18.0 Å². The Hall–Kier alpha value is -2.69. The van der Waals surface area contributed by atoms with E-state index in [4.69, 9.17) is 0 Å². The van der Waals surface area contributed by atoms with Crippen LogP contribution < -0.4 is 10.0 Å². The molecule has 0 spiro atoms. The number of carbonyl (C=O) groups excluding carboxylic acids is 2. The number of nitrogens with one attached hydrogen (secondary N) is 2. The van der Waals surface area contributed by atoms with Gasteiger partial charge in [-0.05, 0) is 83.7 Å². The Morgan fingerprint density at radius 1 is 0.946 bits per heavy atom. The average Bonchev–Trinajstić information content (AvgIpc) is 2.89. The van der Waals surface area contributed by atoms with Crippen molar-refractivity contribution in [1.29, 1.82) is 0 Å². The Labute approximate surface area is 234 Å². The predicted molar refractivity (Wildman–Crippen MR) is 151 cm³/mol. The lowest BCUT2D eigenvalue weighted by molar-refractivity contribution is -0.126. The van der Waals surface area contributed by atoms with Gasteiger partial charge in [0, 0.05) is 45.7 Å². The zero-order valence-corrected chi connectivity index (χ0v) is 24.2. The number of hydrogen-bond acceptors (Lipinski definition) is 4. The van der Waals surface area contributed by atoms with Gasteiger partial charge in [-0.1, -0.05) is 45.8 Å². The molecule has 3 aromatic rings. The Morgan fingerprint density at radius 2 is 1.59 bits per heavy atom. The molecule has 0 bridgehead atoms. The number of amides is 2. The molecule has 2 N–H and O–H groups in total. The van der Waals surface area contributed by atoms with Crippen LogP contribution in [-0.2, 0) is 21.4 Å². The van der Waals surface area contributed by atoms with E-state index >= 15 is 0 Å². The van der Waals surface area contributed by atoms with Crippen molar-refractivity contribution in [3.8, 4) is 0 Å². The molecule has 1 saturated heterocycles. The SMILES string of the molecule is Cc1ccc(CNC(=O)C2CCN(C(=O)c3ccc(NS(=O)(=O)c4cc(Br)ccc4Br)cc3)CC2)cc1. The Kier molecular flexibility index (Phi) is 8.71. The molecule has 37 heavy (non-hydrogen) atoms. The van der Waals surface area contributed by atoms with Crippen LogP contribution in [0.5, 0.6) is 0 Å². The summed E-state index contributed by atoms with van der Waals surface area (Å²) in [4.78, 5) is 27.4. The number of halogens is 2. The molecule has 0 aromatic heterocycles. The van der Waals surface area contributed by atoms with E-state index in [1.807, 2.05) is 31.2 Å². The zero-order chi connectivity index (χ0) is 26.6. The minimum Gasteiger partial charge on any atom is -0.352 e. The molecule has 194 valence electrons. The summed E-state index contributed by atoms with van der Waals surface area (Å²) in [5.41, 5.74) is 3.06. The van der Waals surface area contributed by atoms with Crippen LogP contribution in [0.1, 0.15) is 34.3 Å². The second kappa shape index (κ2) is 11.8. The highest BCUT2D eigenvalue weighted by Gasteiger charge is 2.28.